The van der Waals surface area contributed by atoms with Gasteiger partial charge in [0.1, 0.15) is 6.04 Å². The Bertz CT molecular complexity index is 700. The molecule has 5 nitrogen and oxygen atoms in total. The summed E-state index contributed by atoms with van der Waals surface area (Å²) in [5.41, 5.74) is 1.14. The molecule has 3 rings (SSSR count). The van der Waals surface area contributed by atoms with Crippen LogP contribution in [-0.4, -0.2) is 35.2 Å². The summed E-state index contributed by atoms with van der Waals surface area (Å²) in [5.74, 6) is -0.982. The van der Waals surface area contributed by atoms with Gasteiger partial charge < -0.3 is 5.32 Å². The zero-order valence-electron chi connectivity index (χ0n) is 16.1. The van der Waals surface area contributed by atoms with E-state index >= 15 is 0 Å². The van der Waals surface area contributed by atoms with Crippen LogP contribution in [0.25, 0.3) is 0 Å². The van der Waals surface area contributed by atoms with Crippen LogP contribution in [0, 0.1) is 17.8 Å². The topological polar surface area (TPSA) is 66.5 Å². The van der Waals surface area contributed by atoms with E-state index in [-0.39, 0.29) is 35.5 Å². The van der Waals surface area contributed by atoms with E-state index in [2.05, 4.69) is 5.32 Å². The van der Waals surface area contributed by atoms with E-state index in [0.717, 1.165) is 12.0 Å². The summed E-state index contributed by atoms with van der Waals surface area (Å²) in [6.45, 7) is 4.50. The molecule has 5 heteroatoms. The Morgan fingerprint density at radius 1 is 1.07 bits per heavy atom. The van der Waals surface area contributed by atoms with Crippen LogP contribution in [-0.2, 0) is 20.8 Å². The fourth-order valence-corrected chi connectivity index (χ4v) is 4.00. The molecule has 0 bridgehead atoms. The molecule has 3 unspecified atom stereocenters. The molecule has 2 aliphatic rings. The summed E-state index contributed by atoms with van der Waals surface area (Å²) >= 11 is 0. The number of fused-ring (bicyclic) bond motifs is 1. The fourth-order valence-electron chi connectivity index (χ4n) is 4.00. The number of allylic oxidation sites excluding steroid dienone is 2. The van der Waals surface area contributed by atoms with Crippen molar-refractivity contribution in [2.75, 3.05) is 6.54 Å². The first-order valence-corrected chi connectivity index (χ1v) is 9.82. The first-order chi connectivity index (χ1) is 13.0. The quantitative estimate of drug-likeness (QED) is 0.594. The normalized spacial score (nSPS) is 22.9. The monoisotopic (exact) mass is 368 g/mol. The minimum atomic E-state index is -0.716. The highest BCUT2D eigenvalue weighted by Gasteiger charge is 2.51. The molecule has 3 atom stereocenters. The third-order valence-corrected chi connectivity index (χ3v) is 5.41. The molecule has 0 radical (unpaired) electrons. The molecule has 1 saturated heterocycles. The highest BCUT2D eigenvalue weighted by molar-refractivity contribution is 6.08. The number of hydrogen-bond acceptors (Lipinski definition) is 3. The van der Waals surface area contributed by atoms with E-state index < -0.39 is 6.04 Å². The van der Waals surface area contributed by atoms with Crippen LogP contribution >= 0.6 is 0 Å². The molecule has 1 aliphatic heterocycles. The SMILES string of the molecule is CC(C)CC(C(=O)NCCc1ccccc1)N1C(=O)C2CC=CCC2C1=O. The average molecular weight is 368 g/mol. The molecule has 0 spiro atoms. The summed E-state index contributed by atoms with van der Waals surface area (Å²) in [6.07, 6.45) is 6.32. The van der Waals surface area contributed by atoms with Crippen LogP contribution in [0.3, 0.4) is 0 Å². The number of carbonyl (C=O) groups is 3. The summed E-state index contributed by atoms with van der Waals surface area (Å²) in [7, 11) is 0. The Kier molecular flexibility index (Phi) is 6.09. The standard InChI is InChI=1S/C22H28N2O3/c1-15(2)14-19(20(25)23-13-12-16-8-4-3-5-9-16)24-21(26)17-10-6-7-11-18(17)22(24)27/h3-9,15,17-19H,10-14H2,1-2H3,(H,23,25). The number of nitrogens with zero attached hydrogens (tertiary/aromatic N) is 1. The van der Waals surface area contributed by atoms with E-state index in [0.29, 0.717) is 25.8 Å². The van der Waals surface area contributed by atoms with Crippen molar-refractivity contribution in [3.8, 4) is 0 Å². The Balaban J connectivity index is 1.68. The molecule has 0 aromatic heterocycles. The van der Waals surface area contributed by atoms with Gasteiger partial charge in [0.2, 0.25) is 17.7 Å². The highest BCUT2D eigenvalue weighted by atomic mass is 16.2. The number of hydrogen-bond donors (Lipinski definition) is 1. The van der Waals surface area contributed by atoms with Crippen molar-refractivity contribution in [2.24, 2.45) is 17.8 Å². The van der Waals surface area contributed by atoms with Gasteiger partial charge in [-0.1, -0.05) is 56.3 Å². The summed E-state index contributed by atoms with van der Waals surface area (Å²) in [4.78, 5) is 39.9. The molecule has 0 saturated carbocycles. The second kappa shape index (κ2) is 8.51. The zero-order chi connectivity index (χ0) is 19.4. The van der Waals surface area contributed by atoms with Gasteiger partial charge in [-0.2, -0.15) is 0 Å². The van der Waals surface area contributed by atoms with Crippen molar-refractivity contribution >= 4 is 17.7 Å². The number of rotatable bonds is 7. The van der Waals surface area contributed by atoms with Crippen molar-refractivity contribution in [3.63, 3.8) is 0 Å². The van der Waals surface area contributed by atoms with Gasteiger partial charge in [-0.3, -0.25) is 19.3 Å². The molecule has 1 N–H and O–H groups in total. The van der Waals surface area contributed by atoms with Gasteiger partial charge >= 0.3 is 0 Å². The number of imide groups is 1. The van der Waals surface area contributed by atoms with E-state index in [1.54, 1.807) is 0 Å². The predicted molar refractivity (Wildman–Crippen MR) is 104 cm³/mol. The number of carbonyl (C=O) groups excluding carboxylic acids is 3. The fraction of sp³-hybridized carbons (Fsp3) is 0.500. The predicted octanol–water partition coefficient (Wildman–Crippen LogP) is 2.71. The molecule has 1 aromatic rings. The van der Waals surface area contributed by atoms with Gasteiger partial charge in [-0.05, 0) is 37.2 Å². The maximum atomic E-state index is 12.9. The summed E-state index contributed by atoms with van der Waals surface area (Å²) in [6, 6.07) is 9.21. The van der Waals surface area contributed by atoms with E-state index in [4.69, 9.17) is 0 Å². The van der Waals surface area contributed by atoms with Crippen LogP contribution in [0.15, 0.2) is 42.5 Å². The lowest BCUT2D eigenvalue weighted by atomic mass is 9.85. The van der Waals surface area contributed by atoms with Crippen molar-refractivity contribution in [1.29, 1.82) is 0 Å². The second-order valence-corrected chi connectivity index (χ2v) is 7.87. The molecule has 1 aliphatic carbocycles. The van der Waals surface area contributed by atoms with Crippen molar-refractivity contribution < 1.29 is 14.4 Å². The Morgan fingerprint density at radius 3 is 2.22 bits per heavy atom. The molecule has 1 heterocycles. The molecular formula is C22H28N2O3. The molecule has 144 valence electrons. The van der Waals surface area contributed by atoms with E-state index in [1.807, 2.05) is 56.3 Å². The van der Waals surface area contributed by atoms with E-state index in [1.165, 1.54) is 4.90 Å². The number of nitrogens with one attached hydrogen (secondary N) is 1. The van der Waals surface area contributed by atoms with Crippen LogP contribution < -0.4 is 5.32 Å². The van der Waals surface area contributed by atoms with Gasteiger partial charge in [0.25, 0.3) is 0 Å². The second-order valence-electron chi connectivity index (χ2n) is 7.87. The van der Waals surface area contributed by atoms with Gasteiger partial charge in [0, 0.05) is 6.54 Å². The van der Waals surface area contributed by atoms with Crippen LogP contribution in [0.5, 0.6) is 0 Å². The van der Waals surface area contributed by atoms with Gasteiger partial charge in [0.15, 0.2) is 0 Å². The van der Waals surface area contributed by atoms with Crippen molar-refractivity contribution in [2.45, 2.75) is 45.6 Å². The lowest BCUT2D eigenvalue weighted by Gasteiger charge is -2.27. The number of benzene rings is 1. The maximum absolute atomic E-state index is 12.9. The maximum Gasteiger partial charge on any atom is 0.243 e. The molecule has 27 heavy (non-hydrogen) atoms. The van der Waals surface area contributed by atoms with Crippen LogP contribution in [0.2, 0.25) is 0 Å². The Hall–Kier alpha value is -2.43. The lowest BCUT2D eigenvalue weighted by molar-refractivity contribution is -0.148. The third-order valence-electron chi connectivity index (χ3n) is 5.41. The first-order valence-electron chi connectivity index (χ1n) is 9.82. The van der Waals surface area contributed by atoms with E-state index in [9.17, 15) is 14.4 Å². The molecule has 1 aromatic carbocycles. The minimum Gasteiger partial charge on any atom is -0.354 e. The first kappa shape index (κ1) is 19.3. The van der Waals surface area contributed by atoms with Gasteiger partial charge in [0.05, 0.1) is 11.8 Å². The van der Waals surface area contributed by atoms with Crippen molar-refractivity contribution in [1.82, 2.24) is 10.2 Å². The van der Waals surface area contributed by atoms with Crippen LogP contribution in [0.4, 0.5) is 0 Å². The Labute approximate surface area is 160 Å². The molecular weight excluding hydrogens is 340 g/mol. The molecule has 3 amide bonds. The largest absolute Gasteiger partial charge is 0.354 e. The van der Waals surface area contributed by atoms with Gasteiger partial charge in [-0.15, -0.1) is 0 Å². The number of amides is 3. The highest BCUT2D eigenvalue weighted by Crippen LogP contribution is 2.37. The average Bonchev–Trinajstić information content (AvgIpc) is 2.91. The molecule has 1 fully saturated rings. The number of likely N-dealkylation sites (tertiary alicyclic amines) is 1. The van der Waals surface area contributed by atoms with Crippen LogP contribution in [0.1, 0.15) is 38.7 Å². The smallest absolute Gasteiger partial charge is 0.243 e. The third kappa shape index (κ3) is 4.29. The summed E-state index contributed by atoms with van der Waals surface area (Å²) < 4.78 is 0. The minimum absolute atomic E-state index is 0.182. The Morgan fingerprint density at radius 2 is 1.67 bits per heavy atom. The van der Waals surface area contributed by atoms with Crippen molar-refractivity contribution in [3.05, 3.63) is 48.0 Å². The summed E-state index contributed by atoms with van der Waals surface area (Å²) in [5, 5.41) is 2.94. The zero-order valence-corrected chi connectivity index (χ0v) is 16.1. The van der Waals surface area contributed by atoms with Gasteiger partial charge in [-0.25, -0.2) is 0 Å². The lowest BCUT2D eigenvalue weighted by Crippen LogP contribution is -2.51.